The Balaban J connectivity index is 2.35. The van der Waals surface area contributed by atoms with Crippen molar-refractivity contribution in [1.29, 1.82) is 0 Å². The summed E-state index contributed by atoms with van der Waals surface area (Å²) < 4.78 is 13.5. The van der Waals surface area contributed by atoms with Gasteiger partial charge < -0.3 is 10.4 Å². The van der Waals surface area contributed by atoms with Crippen molar-refractivity contribution in [3.05, 3.63) is 35.1 Å². The zero-order valence-corrected chi connectivity index (χ0v) is 8.16. The molecule has 1 fully saturated rings. The van der Waals surface area contributed by atoms with Gasteiger partial charge in [0.1, 0.15) is 5.82 Å². The van der Waals surface area contributed by atoms with Gasteiger partial charge >= 0.3 is 5.97 Å². The monoisotopic (exact) mass is 209 g/mol. The Bertz CT molecular complexity index is 386. The number of benzene rings is 1. The van der Waals surface area contributed by atoms with E-state index in [2.05, 4.69) is 5.32 Å². The maximum atomic E-state index is 13.5. The molecule has 0 amide bonds. The molecule has 1 aromatic carbocycles. The molecule has 1 aliphatic heterocycles. The van der Waals surface area contributed by atoms with Crippen LogP contribution in [0.25, 0.3) is 0 Å². The molecule has 0 aromatic heterocycles. The van der Waals surface area contributed by atoms with Crippen LogP contribution in [-0.2, 0) is 0 Å². The standard InChI is InChI=1S/C11H12FNO2/c12-9-4-3-7(11(14)15)6-8(9)10-2-1-5-13-10/h3-4,6,10,13H,1-2,5H2,(H,14,15)/t10-/m1/s1. The van der Waals surface area contributed by atoms with Crippen molar-refractivity contribution < 1.29 is 14.3 Å². The number of nitrogens with one attached hydrogen (secondary N) is 1. The van der Waals surface area contributed by atoms with Crippen LogP contribution in [0.4, 0.5) is 4.39 Å². The summed E-state index contributed by atoms with van der Waals surface area (Å²) in [4.78, 5) is 10.7. The van der Waals surface area contributed by atoms with E-state index >= 15 is 0 Å². The SMILES string of the molecule is O=C(O)c1ccc(F)c([C@H]2CCCN2)c1. The maximum Gasteiger partial charge on any atom is 0.335 e. The number of carboxylic acids is 1. The van der Waals surface area contributed by atoms with E-state index in [0.29, 0.717) is 5.56 Å². The van der Waals surface area contributed by atoms with Crippen molar-refractivity contribution in [2.75, 3.05) is 6.54 Å². The molecule has 80 valence electrons. The zero-order chi connectivity index (χ0) is 10.8. The summed E-state index contributed by atoms with van der Waals surface area (Å²) in [6.07, 6.45) is 1.86. The minimum atomic E-state index is -1.02. The average Bonchev–Trinajstić information content (AvgIpc) is 2.71. The van der Waals surface area contributed by atoms with Crippen molar-refractivity contribution >= 4 is 5.97 Å². The molecule has 1 saturated heterocycles. The van der Waals surface area contributed by atoms with Gasteiger partial charge in [0.25, 0.3) is 0 Å². The van der Waals surface area contributed by atoms with Crippen molar-refractivity contribution in [1.82, 2.24) is 5.32 Å². The fraction of sp³-hybridized carbons (Fsp3) is 0.364. The molecule has 0 spiro atoms. The normalized spacial score (nSPS) is 20.5. The lowest BCUT2D eigenvalue weighted by atomic mass is 10.0. The van der Waals surface area contributed by atoms with Crippen molar-refractivity contribution in [3.8, 4) is 0 Å². The smallest absolute Gasteiger partial charge is 0.335 e. The van der Waals surface area contributed by atoms with E-state index in [1.807, 2.05) is 0 Å². The number of hydrogen-bond acceptors (Lipinski definition) is 2. The van der Waals surface area contributed by atoms with Gasteiger partial charge in [0, 0.05) is 11.6 Å². The maximum absolute atomic E-state index is 13.5. The Morgan fingerprint density at radius 1 is 1.53 bits per heavy atom. The third-order valence-corrected chi connectivity index (χ3v) is 2.68. The molecule has 0 unspecified atom stereocenters. The third-order valence-electron chi connectivity index (χ3n) is 2.68. The van der Waals surface area contributed by atoms with Gasteiger partial charge in [0.15, 0.2) is 0 Å². The lowest BCUT2D eigenvalue weighted by molar-refractivity contribution is 0.0696. The van der Waals surface area contributed by atoms with Crippen LogP contribution in [0.2, 0.25) is 0 Å². The Morgan fingerprint density at radius 2 is 2.33 bits per heavy atom. The molecule has 1 atom stereocenters. The highest BCUT2D eigenvalue weighted by atomic mass is 19.1. The van der Waals surface area contributed by atoms with Gasteiger partial charge in [0.2, 0.25) is 0 Å². The van der Waals surface area contributed by atoms with Crippen molar-refractivity contribution in [2.24, 2.45) is 0 Å². The van der Waals surface area contributed by atoms with Crippen molar-refractivity contribution in [3.63, 3.8) is 0 Å². The first kappa shape index (κ1) is 10.1. The van der Waals surface area contributed by atoms with Crippen LogP contribution in [0, 0.1) is 5.82 Å². The van der Waals surface area contributed by atoms with Gasteiger partial charge in [-0.2, -0.15) is 0 Å². The molecule has 4 heteroatoms. The molecule has 2 N–H and O–H groups in total. The number of carboxylic acid groups (broad SMARTS) is 1. The first-order valence-corrected chi connectivity index (χ1v) is 4.94. The molecule has 2 rings (SSSR count). The van der Waals surface area contributed by atoms with Crippen molar-refractivity contribution in [2.45, 2.75) is 18.9 Å². The van der Waals surface area contributed by atoms with Gasteiger partial charge in [-0.1, -0.05) is 0 Å². The summed E-state index contributed by atoms with van der Waals surface area (Å²) in [5.41, 5.74) is 0.604. The Labute approximate surface area is 86.9 Å². The highest BCUT2D eigenvalue weighted by molar-refractivity contribution is 5.87. The van der Waals surface area contributed by atoms with Crippen LogP contribution in [0.5, 0.6) is 0 Å². The number of halogens is 1. The van der Waals surface area contributed by atoms with E-state index in [1.54, 1.807) is 0 Å². The van der Waals surface area contributed by atoms with Gasteiger partial charge in [-0.05, 0) is 37.6 Å². The van der Waals surface area contributed by atoms with Gasteiger partial charge in [0.05, 0.1) is 5.56 Å². The molecule has 0 radical (unpaired) electrons. The minimum Gasteiger partial charge on any atom is -0.478 e. The molecule has 0 saturated carbocycles. The fourth-order valence-electron chi connectivity index (χ4n) is 1.89. The molecule has 0 aliphatic carbocycles. The molecule has 1 aliphatic rings. The second kappa shape index (κ2) is 3.98. The van der Waals surface area contributed by atoms with Gasteiger partial charge in [-0.25, -0.2) is 9.18 Å². The highest BCUT2D eigenvalue weighted by Gasteiger charge is 2.20. The van der Waals surface area contributed by atoms with E-state index in [0.717, 1.165) is 19.4 Å². The van der Waals surface area contributed by atoms with Gasteiger partial charge in [-0.15, -0.1) is 0 Å². The summed E-state index contributed by atoms with van der Waals surface area (Å²) in [7, 11) is 0. The molecule has 0 bridgehead atoms. The largest absolute Gasteiger partial charge is 0.478 e. The molecule has 15 heavy (non-hydrogen) atoms. The van der Waals surface area contributed by atoms with E-state index < -0.39 is 5.97 Å². The lowest BCUT2D eigenvalue weighted by Gasteiger charge is -2.12. The predicted molar refractivity (Wildman–Crippen MR) is 53.3 cm³/mol. The second-order valence-corrected chi connectivity index (χ2v) is 3.69. The van der Waals surface area contributed by atoms with Gasteiger partial charge in [-0.3, -0.25) is 0 Å². The molecule has 1 aromatic rings. The average molecular weight is 209 g/mol. The number of carbonyl (C=O) groups is 1. The summed E-state index contributed by atoms with van der Waals surface area (Å²) in [5, 5.41) is 11.9. The zero-order valence-electron chi connectivity index (χ0n) is 8.16. The Hall–Kier alpha value is -1.42. The number of hydrogen-bond donors (Lipinski definition) is 2. The topological polar surface area (TPSA) is 49.3 Å². The van der Waals surface area contributed by atoms with Crippen LogP contribution >= 0.6 is 0 Å². The highest BCUT2D eigenvalue weighted by Crippen LogP contribution is 2.26. The van der Waals surface area contributed by atoms with Crippen LogP contribution in [0.3, 0.4) is 0 Å². The Kier molecular flexibility index (Phi) is 2.68. The number of aromatic carboxylic acids is 1. The van der Waals surface area contributed by atoms with Crippen LogP contribution < -0.4 is 5.32 Å². The third kappa shape index (κ3) is 1.99. The molecular weight excluding hydrogens is 197 g/mol. The molecule has 1 heterocycles. The summed E-state index contributed by atoms with van der Waals surface area (Å²) >= 11 is 0. The quantitative estimate of drug-likeness (QED) is 0.782. The Morgan fingerprint density at radius 3 is 2.93 bits per heavy atom. The van der Waals surface area contributed by atoms with E-state index in [1.165, 1.54) is 18.2 Å². The summed E-state index contributed by atoms with van der Waals surface area (Å²) in [6.45, 7) is 0.863. The summed E-state index contributed by atoms with van der Waals surface area (Å²) in [6, 6.07) is 3.89. The fourth-order valence-corrected chi connectivity index (χ4v) is 1.89. The molecular formula is C11H12FNO2. The number of rotatable bonds is 2. The minimum absolute atomic E-state index is 0.0377. The first-order valence-electron chi connectivity index (χ1n) is 4.94. The first-order chi connectivity index (χ1) is 7.18. The van der Waals surface area contributed by atoms with E-state index in [9.17, 15) is 9.18 Å². The van der Waals surface area contributed by atoms with E-state index in [-0.39, 0.29) is 17.4 Å². The van der Waals surface area contributed by atoms with Crippen LogP contribution in [0.1, 0.15) is 34.8 Å². The second-order valence-electron chi connectivity index (χ2n) is 3.69. The summed E-state index contributed by atoms with van der Waals surface area (Å²) in [5.74, 6) is -1.35. The van der Waals surface area contributed by atoms with Crippen LogP contribution in [-0.4, -0.2) is 17.6 Å². The lowest BCUT2D eigenvalue weighted by Crippen LogP contribution is -2.15. The predicted octanol–water partition coefficient (Wildman–Crippen LogP) is 1.95. The van der Waals surface area contributed by atoms with Crippen LogP contribution in [0.15, 0.2) is 18.2 Å². The van der Waals surface area contributed by atoms with E-state index in [4.69, 9.17) is 5.11 Å². The molecule has 3 nitrogen and oxygen atoms in total.